The highest BCUT2D eigenvalue weighted by Gasteiger charge is 2.41. The molecule has 2 nitrogen and oxygen atoms in total. The Bertz CT molecular complexity index is 394. The van der Waals surface area contributed by atoms with Crippen molar-refractivity contribution in [1.29, 1.82) is 0 Å². The topological polar surface area (TPSA) is 21.3 Å². The number of hydrogen-bond donors (Lipinski definition) is 1. The largest absolute Gasteiger partial charge is 0.492 e. The molecule has 0 aromatic heterocycles. The second-order valence-corrected chi connectivity index (χ2v) is 5.00. The van der Waals surface area contributed by atoms with E-state index in [1.807, 2.05) is 0 Å². The Labute approximate surface area is 109 Å². The lowest BCUT2D eigenvalue weighted by atomic mass is 9.74. The van der Waals surface area contributed by atoms with E-state index in [1.54, 1.807) is 0 Å². The molecule has 0 amide bonds. The van der Waals surface area contributed by atoms with Gasteiger partial charge in [-0.05, 0) is 44.0 Å². The number of piperidine rings is 1. The SMILES string of the molecule is CCc1ccc2c(c1)C1(CCNCC1)CO2.Cl. The smallest absolute Gasteiger partial charge is 0.123 e. The minimum atomic E-state index is 0. The van der Waals surface area contributed by atoms with Crippen molar-refractivity contribution in [3.8, 4) is 5.75 Å². The molecule has 1 N–H and O–H groups in total. The van der Waals surface area contributed by atoms with Gasteiger partial charge in [-0.15, -0.1) is 12.4 Å². The molecular weight excluding hydrogens is 234 g/mol. The van der Waals surface area contributed by atoms with Gasteiger partial charge in [0.1, 0.15) is 5.75 Å². The van der Waals surface area contributed by atoms with Crippen LogP contribution in [-0.2, 0) is 11.8 Å². The Morgan fingerprint density at radius 1 is 1.29 bits per heavy atom. The molecule has 0 atom stereocenters. The average Bonchev–Trinajstić information content (AvgIpc) is 2.69. The lowest BCUT2D eigenvalue weighted by Crippen LogP contribution is -2.41. The van der Waals surface area contributed by atoms with E-state index >= 15 is 0 Å². The number of aryl methyl sites for hydroxylation is 1. The molecule has 1 aromatic carbocycles. The molecule has 1 saturated heterocycles. The van der Waals surface area contributed by atoms with Crippen LogP contribution in [0.4, 0.5) is 0 Å². The number of halogens is 1. The fraction of sp³-hybridized carbons (Fsp3) is 0.571. The van der Waals surface area contributed by atoms with Gasteiger partial charge in [0.25, 0.3) is 0 Å². The van der Waals surface area contributed by atoms with Gasteiger partial charge < -0.3 is 10.1 Å². The van der Waals surface area contributed by atoms with Crippen LogP contribution < -0.4 is 10.1 Å². The summed E-state index contributed by atoms with van der Waals surface area (Å²) < 4.78 is 5.86. The molecule has 0 aliphatic carbocycles. The highest BCUT2D eigenvalue weighted by atomic mass is 35.5. The Balaban J connectivity index is 0.00000108. The summed E-state index contributed by atoms with van der Waals surface area (Å²) in [7, 11) is 0. The van der Waals surface area contributed by atoms with Gasteiger partial charge in [0.2, 0.25) is 0 Å². The molecular formula is C14H20ClNO. The summed E-state index contributed by atoms with van der Waals surface area (Å²) >= 11 is 0. The molecule has 0 unspecified atom stereocenters. The number of hydrogen-bond acceptors (Lipinski definition) is 2. The maximum Gasteiger partial charge on any atom is 0.123 e. The maximum atomic E-state index is 5.86. The second kappa shape index (κ2) is 4.87. The van der Waals surface area contributed by atoms with E-state index in [0.29, 0.717) is 5.41 Å². The standard InChI is InChI=1S/C14H19NO.ClH/c1-2-11-3-4-13-12(9-11)14(10-16-13)5-7-15-8-6-14;/h3-4,9,15H,2,5-8,10H2,1H3;1H. The van der Waals surface area contributed by atoms with E-state index in [1.165, 1.54) is 24.0 Å². The first-order valence-electron chi connectivity index (χ1n) is 6.31. The number of nitrogens with one attached hydrogen (secondary N) is 1. The van der Waals surface area contributed by atoms with Crippen LogP contribution in [0.25, 0.3) is 0 Å². The zero-order valence-corrected chi connectivity index (χ0v) is 11.1. The summed E-state index contributed by atoms with van der Waals surface area (Å²) in [5.74, 6) is 1.12. The molecule has 1 fully saturated rings. The van der Waals surface area contributed by atoms with E-state index in [0.717, 1.165) is 31.9 Å². The lowest BCUT2D eigenvalue weighted by Gasteiger charge is -2.32. The van der Waals surface area contributed by atoms with Crippen LogP contribution in [0, 0.1) is 0 Å². The van der Waals surface area contributed by atoms with Crippen LogP contribution >= 0.6 is 12.4 Å². The van der Waals surface area contributed by atoms with Crippen LogP contribution in [-0.4, -0.2) is 19.7 Å². The van der Waals surface area contributed by atoms with Crippen LogP contribution in [0.3, 0.4) is 0 Å². The van der Waals surface area contributed by atoms with Crippen LogP contribution in [0.2, 0.25) is 0 Å². The zero-order chi connectivity index (χ0) is 11.0. The number of rotatable bonds is 1. The predicted molar refractivity (Wildman–Crippen MR) is 72.3 cm³/mol. The minimum Gasteiger partial charge on any atom is -0.492 e. The monoisotopic (exact) mass is 253 g/mol. The van der Waals surface area contributed by atoms with Crippen molar-refractivity contribution in [2.24, 2.45) is 0 Å². The van der Waals surface area contributed by atoms with Crippen molar-refractivity contribution >= 4 is 12.4 Å². The van der Waals surface area contributed by atoms with Gasteiger partial charge in [-0.2, -0.15) is 0 Å². The summed E-state index contributed by atoms with van der Waals surface area (Å²) in [4.78, 5) is 0. The van der Waals surface area contributed by atoms with E-state index in [4.69, 9.17) is 4.74 Å². The maximum absolute atomic E-state index is 5.86. The zero-order valence-electron chi connectivity index (χ0n) is 10.3. The number of benzene rings is 1. The summed E-state index contributed by atoms with van der Waals surface area (Å²) in [6.45, 7) is 5.35. The van der Waals surface area contributed by atoms with Crippen LogP contribution in [0.15, 0.2) is 18.2 Å². The van der Waals surface area contributed by atoms with E-state index in [9.17, 15) is 0 Å². The third-order valence-corrected chi connectivity index (χ3v) is 4.09. The van der Waals surface area contributed by atoms with Crippen molar-refractivity contribution in [3.05, 3.63) is 29.3 Å². The van der Waals surface area contributed by atoms with Gasteiger partial charge in [-0.3, -0.25) is 0 Å². The van der Waals surface area contributed by atoms with Gasteiger partial charge in [0.05, 0.1) is 6.61 Å². The first-order valence-corrected chi connectivity index (χ1v) is 6.31. The molecule has 2 aliphatic rings. The van der Waals surface area contributed by atoms with Crippen LogP contribution in [0.5, 0.6) is 5.75 Å². The molecule has 0 radical (unpaired) electrons. The van der Waals surface area contributed by atoms with Gasteiger partial charge in [0, 0.05) is 11.0 Å². The summed E-state index contributed by atoms with van der Waals surface area (Å²) in [5.41, 5.74) is 3.21. The van der Waals surface area contributed by atoms with Crippen molar-refractivity contribution in [1.82, 2.24) is 5.32 Å². The predicted octanol–water partition coefficient (Wildman–Crippen LogP) is 2.68. The van der Waals surface area contributed by atoms with Crippen molar-refractivity contribution < 1.29 is 4.74 Å². The van der Waals surface area contributed by atoms with Crippen molar-refractivity contribution in [3.63, 3.8) is 0 Å². The van der Waals surface area contributed by atoms with Gasteiger partial charge >= 0.3 is 0 Å². The molecule has 94 valence electrons. The van der Waals surface area contributed by atoms with Crippen molar-refractivity contribution in [2.45, 2.75) is 31.6 Å². The Hall–Kier alpha value is -0.730. The summed E-state index contributed by atoms with van der Waals surface area (Å²) in [6.07, 6.45) is 3.54. The van der Waals surface area contributed by atoms with Gasteiger partial charge in [0.15, 0.2) is 0 Å². The molecule has 2 aliphatic heterocycles. The van der Waals surface area contributed by atoms with E-state index < -0.39 is 0 Å². The molecule has 3 rings (SSSR count). The highest BCUT2D eigenvalue weighted by Crippen LogP contribution is 2.44. The van der Waals surface area contributed by atoms with Gasteiger partial charge in [-0.1, -0.05) is 19.1 Å². The molecule has 1 aromatic rings. The van der Waals surface area contributed by atoms with Gasteiger partial charge in [-0.25, -0.2) is 0 Å². The third-order valence-electron chi connectivity index (χ3n) is 4.09. The second-order valence-electron chi connectivity index (χ2n) is 5.00. The number of fused-ring (bicyclic) bond motifs is 2. The molecule has 1 spiro atoms. The first kappa shape index (κ1) is 12.7. The minimum absolute atomic E-state index is 0. The Morgan fingerprint density at radius 3 is 2.76 bits per heavy atom. The Morgan fingerprint density at radius 2 is 2.06 bits per heavy atom. The molecule has 0 bridgehead atoms. The lowest BCUT2D eigenvalue weighted by molar-refractivity contribution is 0.220. The first-order chi connectivity index (χ1) is 7.84. The van der Waals surface area contributed by atoms with Crippen molar-refractivity contribution in [2.75, 3.05) is 19.7 Å². The average molecular weight is 254 g/mol. The fourth-order valence-corrected chi connectivity index (χ4v) is 2.95. The van der Waals surface area contributed by atoms with E-state index in [-0.39, 0.29) is 12.4 Å². The molecule has 2 heterocycles. The third kappa shape index (κ3) is 2.04. The fourth-order valence-electron chi connectivity index (χ4n) is 2.95. The molecule has 3 heteroatoms. The molecule has 17 heavy (non-hydrogen) atoms. The highest BCUT2D eigenvalue weighted by molar-refractivity contribution is 5.85. The summed E-state index contributed by atoms with van der Waals surface area (Å²) in [6, 6.07) is 6.72. The van der Waals surface area contributed by atoms with E-state index in [2.05, 4.69) is 30.4 Å². The summed E-state index contributed by atoms with van der Waals surface area (Å²) in [5, 5.41) is 3.44. The quantitative estimate of drug-likeness (QED) is 0.831. The van der Waals surface area contributed by atoms with Crippen LogP contribution in [0.1, 0.15) is 30.9 Å². The molecule has 0 saturated carbocycles. The normalized spacial score (nSPS) is 20.5. The number of ether oxygens (including phenoxy) is 1. The Kier molecular flexibility index (Phi) is 3.64.